The van der Waals surface area contributed by atoms with Gasteiger partial charge in [-0.25, -0.2) is 13.2 Å². The number of nitrogens with zero attached hydrogens (tertiary/aromatic N) is 1. The van der Waals surface area contributed by atoms with Crippen LogP contribution in [0.1, 0.15) is 30.1 Å². The zero-order valence-corrected chi connectivity index (χ0v) is 16.7. The molecule has 0 radical (unpaired) electrons. The van der Waals surface area contributed by atoms with Crippen LogP contribution in [0.25, 0.3) is 0 Å². The second-order valence-corrected chi connectivity index (χ2v) is 8.66. The molecule has 2 aromatic rings. The van der Waals surface area contributed by atoms with Crippen LogP contribution < -0.4 is 5.32 Å². The minimum atomic E-state index is -3.52. The highest BCUT2D eigenvalue weighted by Crippen LogP contribution is 2.22. The molecule has 1 aliphatic rings. The zero-order chi connectivity index (χ0) is 21.0. The Morgan fingerprint density at radius 3 is 2.21 bits per heavy atom. The van der Waals surface area contributed by atoms with Crippen LogP contribution in [-0.2, 0) is 19.6 Å². The number of carbonyl (C=O) groups excluding carboxylic acids is 2. The molecule has 29 heavy (non-hydrogen) atoms. The second-order valence-electron chi connectivity index (χ2n) is 6.72. The van der Waals surface area contributed by atoms with Crippen molar-refractivity contribution in [2.75, 3.05) is 18.4 Å². The molecule has 9 heteroatoms. The number of phenols is 1. The van der Waals surface area contributed by atoms with Crippen LogP contribution in [0.2, 0.25) is 0 Å². The number of hydrogen-bond donors (Lipinski definition) is 2. The van der Waals surface area contributed by atoms with Gasteiger partial charge >= 0.3 is 5.97 Å². The summed E-state index contributed by atoms with van der Waals surface area (Å²) in [5.74, 6) is -1.23. The molecule has 1 aliphatic heterocycles. The van der Waals surface area contributed by atoms with Crippen LogP contribution in [0.15, 0.2) is 53.4 Å². The molecular formula is C20H22N2O6S. The van der Waals surface area contributed by atoms with Gasteiger partial charge in [0.1, 0.15) is 5.75 Å². The largest absolute Gasteiger partial charge is 0.508 e. The Kier molecular flexibility index (Phi) is 6.19. The van der Waals surface area contributed by atoms with E-state index in [1.54, 1.807) is 0 Å². The van der Waals surface area contributed by atoms with Crippen LogP contribution in [0.5, 0.6) is 5.75 Å². The molecule has 0 saturated carbocycles. The topological polar surface area (TPSA) is 113 Å². The minimum absolute atomic E-state index is 0.0162. The van der Waals surface area contributed by atoms with Gasteiger partial charge in [0, 0.05) is 18.8 Å². The Labute approximate surface area is 169 Å². The standard InChI is InChI=1S/C20H22N2O6S/c1-14(28-20(25)15-4-8-17(23)9-5-15)19(24)21-16-6-10-18(11-7-16)29(26,27)22-12-2-3-13-22/h4-11,14,23H,2-3,12-13H2,1H3,(H,21,24)/t14-/m0/s1. The Morgan fingerprint density at radius 2 is 1.62 bits per heavy atom. The van der Waals surface area contributed by atoms with Crippen molar-refractivity contribution in [1.29, 1.82) is 0 Å². The van der Waals surface area contributed by atoms with Gasteiger partial charge < -0.3 is 15.2 Å². The van der Waals surface area contributed by atoms with E-state index >= 15 is 0 Å². The molecule has 0 unspecified atom stereocenters. The summed E-state index contributed by atoms with van der Waals surface area (Å²) in [7, 11) is -3.52. The summed E-state index contributed by atoms with van der Waals surface area (Å²) in [5, 5.41) is 11.8. The van der Waals surface area contributed by atoms with Gasteiger partial charge in [-0.05, 0) is 68.3 Å². The molecular weight excluding hydrogens is 396 g/mol. The number of rotatable bonds is 6. The molecule has 2 aromatic carbocycles. The Morgan fingerprint density at radius 1 is 1.03 bits per heavy atom. The van der Waals surface area contributed by atoms with Crippen molar-refractivity contribution < 1.29 is 27.9 Å². The molecule has 0 bridgehead atoms. The van der Waals surface area contributed by atoms with Gasteiger partial charge in [-0.15, -0.1) is 0 Å². The van der Waals surface area contributed by atoms with Gasteiger partial charge in [-0.1, -0.05) is 0 Å². The first kappa shape index (κ1) is 20.8. The van der Waals surface area contributed by atoms with Gasteiger partial charge in [-0.3, -0.25) is 4.79 Å². The van der Waals surface area contributed by atoms with Crippen molar-refractivity contribution in [1.82, 2.24) is 4.31 Å². The molecule has 0 aromatic heterocycles. The Bertz CT molecular complexity index is 981. The number of hydrogen-bond acceptors (Lipinski definition) is 6. The van der Waals surface area contributed by atoms with Crippen molar-refractivity contribution in [3.05, 3.63) is 54.1 Å². The number of anilines is 1. The summed E-state index contributed by atoms with van der Waals surface area (Å²) in [4.78, 5) is 24.5. The maximum atomic E-state index is 12.5. The number of esters is 1. The highest BCUT2D eigenvalue weighted by atomic mass is 32.2. The molecule has 1 saturated heterocycles. The number of aromatic hydroxyl groups is 1. The van der Waals surface area contributed by atoms with E-state index in [2.05, 4.69) is 5.32 Å². The number of nitrogens with one attached hydrogen (secondary N) is 1. The summed E-state index contributed by atoms with van der Waals surface area (Å²) in [6, 6.07) is 11.3. The smallest absolute Gasteiger partial charge is 0.338 e. The first-order valence-corrected chi connectivity index (χ1v) is 10.6. The van der Waals surface area contributed by atoms with Gasteiger partial charge in [0.2, 0.25) is 10.0 Å². The number of sulfonamides is 1. The molecule has 0 spiro atoms. The maximum Gasteiger partial charge on any atom is 0.338 e. The van der Waals surface area contributed by atoms with Crippen molar-refractivity contribution in [3.63, 3.8) is 0 Å². The third-order valence-electron chi connectivity index (χ3n) is 4.58. The van der Waals surface area contributed by atoms with E-state index in [4.69, 9.17) is 4.74 Å². The lowest BCUT2D eigenvalue weighted by molar-refractivity contribution is -0.123. The maximum absolute atomic E-state index is 12.5. The van der Waals surface area contributed by atoms with Crippen molar-refractivity contribution >= 4 is 27.6 Å². The predicted molar refractivity (Wildman–Crippen MR) is 106 cm³/mol. The fraction of sp³-hybridized carbons (Fsp3) is 0.300. The molecule has 8 nitrogen and oxygen atoms in total. The monoisotopic (exact) mass is 418 g/mol. The number of phenolic OH excluding ortho intramolecular Hbond substituents is 1. The normalized spacial score (nSPS) is 15.6. The molecule has 2 N–H and O–H groups in total. The number of benzene rings is 2. The van der Waals surface area contributed by atoms with E-state index in [-0.39, 0.29) is 16.2 Å². The van der Waals surface area contributed by atoms with Crippen LogP contribution in [-0.4, -0.2) is 48.9 Å². The highest BCUT2D eigenvalue weighted by molar-refractivity contribution is 7.89. The molecule has 3 rings (SSSR count). The summed E-state index contributed by atoms with van der Waals surface area (Å²) in [5.41, 5.74) is 0.599. The SMILES string of the molecule is C[C@H](OC(=O)c1ccc(O)cc1)C(=O)Nc1ccc(S(=O)(=O)N2CCCC2)cc1. The van der Waals surface area contributed by atoms with Crippen LogP contribution in [0, 0.1) is 0 Å². The van der Waals surface area contributed by atoms with Gasteiger partial charge in [0.25, 0.3) is 5.91 Å². The van der Waals surface area contributed by atoms with E-state index in [1.165, 1.54) is 59.8 Å². The van der Waals surface area contributed by atoms with Gasteiger partial charge in [0.05, 0.1) is 10.5 Å². The van der Waals surface area contributed by atoms with Crippen molar-refractivity contribution in [2.24, 2.45) is 0 Å². The van der Waals surface area contributed by atoms with E-state index in [0.29, 0.717) is 18.8 Å². The molecule has 1 fully saturated rings. The average molecular weight is 418 g/mol. The summed E-state index contributed by atoms with van der Waals surface area (Å²) in [6.07, 6.45) is 0.645. The van der Waals surface area contributed by atoms with E-state index < -0.39 is 28.0 Å². The number of amides is 1. The molecule has 154 valence electrons. The molecule has 1 amide bonds. The quantitative estimate of drug-likeness (QED) is 0.697. The van der Waals surface area contributed by atoms with Gasteiger partial charge in [-0.2, -0.15) is 4.31 Å². The lowest BCUT2D eigenvalue weighted by atomic mass is 10.2. The van der Waals surface area contributed by atoms with Crippen LogP contribution in [0.3, 0.4) is 0 Å². The Balaban J connectivity index is 1.59. The lowest BCUT2D eigenvalue weighted by Crippen LogP contribution is -2.30. The second kappa shape index (κ2) is 8.62. The number of ether oxygens (including phenoxy) is 1. The van der Waals surface area contributed by atoms with E-state index in [1.807, 2.05) is 0 Å². The summed E-state index contributed by atoms with van der Waals surface area (Å²) in [6.45, 7) is 2.47. The third-order valence-corrected chi connectivity index (χ3v) is 6.49. The van der Waals surface area contributed by atoms with Crippen LogP contribution >= 0.6 is 0 Å². The molecule has 0 aliphatic carbocycles. The van der Waals surface area contributed by atoms with Crippen molar-refractivity contribution in [2.45, 2.75) is 30.8 Å². The minimum Gasteiger partial charge on any atom is -0.508 e. The fourth-order valence-corrected chi connectivity index (χ4v) is 4.43. The zero-order valence-electron chi connectivity index (χ0n) is 15.9. The lowest BCUT2D eigenvalue weighted by Gasteiger charge is -2.16. The molecule has 1 heterocycles. The van der Waals surface area contributed by atoms with Gasteiger partial charge in [0.15, 0.2) is 6.10 Å². The van der Waals surface area contributed by atoms with Crippen molar-refractivity contribution in [3.8, 4) is 5.75 Å². The summed E-state index contributed by atoms with van der Waals surface area (Å²) < 4.78 is 31.6. The number of carbonyl (C=O) groups is 2. The fourth-order valence-electron chi connectivity index (χ4n) is 2.91. The van der Waals surface area contributed by atoms with E-state index in [9.17, 15) is 23.1 Å². The highest BCUT2D eigenvalue weighted by Gasteiger charge is 2.27. The third kappa shape index (κ3) is 4.93. The molecule has 1 atom stereocenters. The predicted octanol–water partition coefficient (Wildman–Crippen LogP) is 2.36. The van der Waals surface area contributed by atoms with Crippen LogP contribution in [0.4, 0.5) is 5.69 Å². The first-order valence-electron chi connectivity index (χ1n) is 9.18. The first-order chi connectivity index (χ1) is 13.8. The average Bonchev–Trinajstić information content (AvgIpc) is 3.24. The van der Waals surface area contributed by atoms with E-state index in [0.717, 1.165) is 12.8 Å². The Hall–Kier alpha value is -2.91. The summed E-state index contributed by atoms with van der Waals surface area (Å²) >= 11 is 0.